The summed E-state index contributed by atoms with van der Waals surface area (Å²) < 4.78 is 56.0. The number of rotatable bonds is 12. The molecule has 0 radical (unpaired) electrons. The molecule has 1 unspecified atom stereocenters. The number of carbonyl (C=O) groups excluding carboxylic acids is 1. The fraction of sp³-hybridized carbons (Fsp3) is 0.393. The van der Waals surface area contributed by atoms with Crippen LogP contribution >= 0.6 is 11.6 Å². The zero-order valence-electron chi connectivity index (χ0n) is 24.4. The molecule has 0 saturated carbocycles. The lowest BCUT2D eigenvalue weighted by molar-refractivity contribution is -0.736. The number of nitrogens with zero attached hydrogens (tertiary/aromatic N) is 4. The third-order valence-corrected chi connectivity index (χ3v) is 7.12. The predicted octanol–water partition coefficient (Wildman–Crippen LogP) is 6.85. The minimum atomic E-state index is -3.05. The number of aromatic nitrogens is 2. The van der Waals surface area contributed by atoms with Crippen molar-refractivity contribution in [2.75, 3.05) is 31.8 Å². The monoisotopic (exact) mass is 640 g/mol. The molecule has 11 nitrogen and oxygen atoms in total. The average Bonchev–Trinajstić information content (AvgIpc) is 2.89. The van der Waals surface area contributed by atoms with Gasteiger partial charge in [-0.2, -0.15) is 0 Å². The molecule has 232 valence electrons. The maximum Gasteiger partial charge on any atom is 0.442 e. The van der Waals surface area contributed by atoms with Gasteiger partial charge in [0.25, 0.3) is 4.92 Å². The smallest absolute Gasteiger partial charge is 0.442 e. The van der Waals surface area contributed by atoms with E-state index in [1.807, 2.05) is 0 Å². The second-order valence-electron chi connectivity index (χ2n) is 10.5. The molecule has 3 rings (SSSR count). The fourth-order valence-corrected chi connectivity index (χ4v) is 5.18. The Morgan fingerprint density at radius 3 is 2.60 bits per heavy atom. The van der Waals surface area contributed by atoms with Gasteiger partial charge in [0.05, 0.1) is 39.3 Å². The second kappa shape index (κ2) is 14.5. The molecule has 1 N–H and O–H groups in total. The molecule has 3 aromatic rings. The first kappa shape index (κ1) is 33.6. The van der Waals surface area contributed by atoms with E-state index in [1.54, 1.807) is 26.8 Å². The minimum absolute atomic E-state index is 0.0556. The highest BCUT2D eigenvalue weighted by atomic mass is 35.5. The van der Waals surface area contributed by atoms with Gasteiger partial charge in [0.1, 0.15) is 22.9 Å². The Balaban J connectivity index is 1.64. The Morgan fingerprint density at radius 2 is 1.91 bits per heavy atom. The number of carbonyl (C=O) groups is 1. The van der Waals surface area contributed by atoms with Crippen LogP contribution in [0.3, 0.4) is 0 Å². The van der Waals surface area contributed by atoms with Gasteiger partial charge < -0.3 is 14.8 Å². The summed E-state index contributed by atoms with van der Waals surface area (Å²) in [6, 6.07) is 8.36. The van der Waals surface area contributed by atoms with Gasteiger partial charge >= 0.3 is 11.8 Å². The largest absolute Gasteiger partial charge is 0.493 e. The molecule has 1 heterocycles. The van der Waals surface area contributed by atoms with Crippen LogP contribution in [0, 0.1) is 16.5 Å². The molecular weight excluding hydrogens is 608 g/mol. The zero-order chi connectivity index (χ0) is 31.8. The van der Waals surface area contributed by atoms with Crippen molar-refractivity contribution in [2.45, 2.75) is 45.0 Å². The number of hydrogen-bond acceptors (Lipinski definition) is 9. The summed E-state index contributed by atoms with van der Waals surface area (Å²) in [6.45, 7) is 5.65. The molecule has 0 spiro atoms. The number of benzene rings is 2. The maximum atomic E-state index is 14.3. The summed E-state index contributed by atoms with van der Waals surface area (Å²) in [7, 11) is -1.85. The third kappa shape index (κ3) is 10.7. The van der Waals surface area contributed by atoms with Crippen molar-refractivity contribution in [3.8, 4) is 17.0 Å². The summed E-state index contributed by atoms with van der Waals surface area (Å²) in [6.07, 6.45) is 2.45. The van der Waals surface area contributed by atoms with E-state index in [1.165, 1.54) is 43.7 Å². The summed E-state index contributed by atoms with van der Waals surface area (Å²) in [5, 5.41) is 2.95. The third-order valence-electron chi connectivity index (χ3n) is 5.53. The Hall–Kier alpha value is -3.91. The van der Waals surface area contributed by atoms with Crippen LogP contribution in [0.4, 0.5) is 25.0 Å². The molecule has 1 amide bonds. The van der Waals surface area contributed by atoms with E-state index < -0.39 is 33.1 Å². The SMILES string of the molecule is CO[N+](=O)c1cc(CS(C)(=O)=NC(=O)OC(C)(C)C)cc(OCCCCNc2cc(F)ccc2-c2nc(Cl)ncc2F)c1. The number of anilines is 1. The molecular formula is C28H33ClF2N5O6S+. The van der Waals surface area contributed by atoms with Crippen molar-refractivity contribution in [1.29, 1.82) is 0 Å². The molecule has 43 heavy (non-hydrogen) atoms. The number of amides is 1. The van der Waals surface area contributed by atoms with Crippen molar-refractivity contribution < 1.29 is 37.0 Å². The van der Waals surface area contributed by atoms with E-state index in [4.69, 9.17) is 25.9 Å². The van der Waals surface area contributed by atoms with E-state index in [-0.39, 0.29) is 33.9 Å². The molecule has 0 aliphatic heterocycles. The summed E-state index contributed by atoms with van der Waals surface area (Å²) >= 11 is 5.82. The lowest BCUT2D eigenvalue weighted by Gasteiger charge is -2.17. The van der Waals surface area contributed by atoms with Crippen LogP contribution in [0.15, 0.2) is 47.0 Å². The Labute approximate surface area is 253 Å². The maximum absolute atomic E-state index is 14.3. The highest BCUT2D eigenvalue weighted by Gasteiger charge is 2.21. The van der Waals surface area contributed by atoms with Gasteiger partial charge in [-0.15, -0.1) is 4.36 Å². The quantitative estimate of drug-likeness (QED) is 0.128. The van der Waals surface area contributed by atoms with Gasteiger partial charge in [0.15, 0.2) is 12.9 Å². The van der Waals surface area contributed by atoms with E-state index in [0.29, 0.717) is 42.0 Å². The second-order valence-corrected chi connectivity index (χ2v) is 13.2. The zero-order valence-corrected chi connectivity index (χ0v) is 25.9. The van der Waals surface area contributed by atoms with Crippen molar-refractivity contribution in [3.05, 3.63) is 70.0 Å². The van der Waals surface area contributed by atoms with Crippen molar-refractivity contribution >= 4 is 38.8 Å². The van der Waals surface area contributed by atoms with Gasteiger partial charge in [-0.3, -0.25) is 0 Å². The summed E-state index contributed by atoms with van der Waals surface area (Å²) in [4.78, 5) is 36.8. The Bertz CT molecular complexity index is 1610. The lowest BCUT2D eigenvalue weighted by Crippen LogP contribution is -2.22. The normalized spacial score (nSPS) is 12.7. The molecule has 0 aliphatic carbocycles. The van der Waals surface area contributed by atoms with Crippen molar-refractivity contribution in [3.63, 3.8) is 0 Å². The number of halogens is 3. The molecule has 1 atom stereocenters. The van der Waals surface area contributed by atoms with Gasteiger partial charge in [-0.25, -0.2) is 32.6 Å². The van der Waals surface area contributed by atoms with Gasteiger partial charge in [-0.05, 0) is 75.0 Å². The summed E-state index contributed by atoms with van der Waals surface area (Å²) in [5.74, 6) is -1.04. The van der Waals surface area contributed by atoms with Crippen molar-refractivity contribution in [1.82, 2.24) is 9.97 Å². The van der Waals surface area contributed by atoms with E-state index in [0.717, 1.165) is 6.20 Å². The molecule has 2 aromatic carbocycles. The molecule has 15 heteroatoms. The number of ether oxygens (including phenoxy) is 2. The van der Waals surface area contributed by atoms with Crippen LogP contribution < -0.4 is 10.1 Å². The number of nitrogens with one attached hydrogen (secondary N) is 1. The first-order valence-electron chi connectivity index (χ1n) is 13.1. The Kier molecular flexibility index (Phi) is 11.3. The first-order valence-corrected chi connectivity index (χ1v) is 15.6. The first-order chi connectivity index (χ1) is 20.2. The predicted molar refractivity (Wildman–Crippen MR) is 159 cm³/mol. The van der Waals surface area contributed by atoms with Crippen LogP contribution in [0.2, 0.25) is 5.28 Å². The minimum Gasteiger partial charge on any atom is -0.493 e. The van der Waals surface area contributed by atoms with Crippen LogP contribution in [0.25, 0.3) is 11.3 Å². The Morgan fingerprint density at radius 1 is 1.16 bits per heavy atom. The van der Waals surface area contributed by atoms with Crippen LogP contribution in [-0.4, -0.2) is 57.3 Å². The lowest BCUT2D eigenvalue weighted by atomic mass is 10.1. The van der Waals surface area contributed by atoms with E-state index in [2.05, 4.69) is 19.6 Å². The topological polar surface area (TPSA) is 132 Å². The fourth-order valence-electron chi connectivity index (χ4n) is 3.84. The standard InChI is InChI=1S/C28H33ClF2N5O6S/c1-28(2,3)42-27(37)35-43(5,39)17-18-12-20(36(38)40-4)15-21(13-18)41-11-7-6-10-32-24-14-19(30)8-9-22(24)25-23(31)16-33-26(29)34-25/h8-9,12-16,32H,6-7,10-11,17H2,1-5H3/q+1. The molecule has 0 bridgehead atoms. The van der Waals surface area contributed by atoms with Crippen LogP contribution in [0.1, 0.15) is 39.2 Å². The van der Waals surface area contributed by atoms with Crippen molar-refractivity contribution in [2.24, 2.45) is 4.36 Å². The molecule has 0 fully saturated rings. The average molecular weight is 641 g/mol. The van der Waals surface area contributed by atoms with Gasteiger partial charge in [0, 0.05) is 30.1 Å². The van der Waals surface area contributed by atoms with Gasteiger partial charge in [0.2, 0.25) is 5.28 Å². The highest BCUT2D eigenvalue weighted by molar-refractivity contribution is 7.92. The van der Waals surface area contributed by atoms with E-state index in [9.17, 15) is 22.7 Å². The molecule has 1 aromatic heterocycles. The van der Waals surface area contributed by atoms with Gasteiger partial charge in [-0.1, -0.05) is 0 Å². The van der Waals surface area contributed by atoms with Crippen LogP contribution in [0.5, 0.6) is 5.75 Å². The highest BCUT2D eigenvalue weighted by Crippen LogP contribution is 2.30. The molecule has 0 saturated heterocycles. The number of hydrogen-bond donors (Lipinski definition) is 1. The number of unbranched alkanes of at least 4 members (excludes halogenated alkanes) is 1. The van der Waals surface area contributed by atoms with E-state index >= 15 is 0 Å². The van der Waals surface area contributed by atoms with Crippen LogP contribution in [-0.2, 0) is 25.1 Å². The molecule has 0 aliphatic rings. The summed E-state index contributed by atoms with van der Waals surface area (Å²) in [5.41, 5.74) is 0.343.